The van der Waals surface area contributed by atoms with Gasteiger partial charge in [0.1, 0.15) is 0 Å². The smallest absolute Gasteiger partial charge is 0.0690 e. The highest BCUT2D eigenvalue weighted by Gasteiger charge is 2.43. The van der Waals surface area contributed by atoms with Crippen LogP contribution in [0.4, 0.5) is 0 Å². The molecule has 0 bridgehead atoms. The zero-order chi connectivity index (χ0) is 11.2. The van der Waals surface area contributed by atoms with Crippen molar-refractivity contribution in [3.05, 3.63) is 35.4 Å². The van der Waals surface area contributed by atoms with Crippen LogP contribution in [0.15, 0.2) is 24.3 Å². The summed E-state index contributed by atoms with van der Waals surface area (Å²) in [7, 11) is 0. The molecular formula is C15H20O. The molecule has 1 aromatic rings. The van der Waals surface area contributed by atoms with Gasteiger partial charge in [0.05, 0.1) is 5.60 Å². The summed E-state index contributed by atoms with van der Waals surface area (Å²) in [5.74, 6) is 1.09. The van der Waals surface area contributed by atoms with E-state index in [1.807, 2.05) is 6.92 Å². The molecule has 3 unspecified atom stereocenters. The molecule has 1 fully saturated rings. The van der Waals surface area contributed by atoms with Gasteiger partial charge >= 0.3 is 0 Å². The number of hydrogen-bond acceptors (Lipinski definition) is 1. The van der Waals surface area contributed by atoms with Crippen molar-refractivity contribution < 1.29 is 5.11 Å². The SMILES string of the molecule is CC1(O)CCCC2CCc3ccccc3C21. The van der Waals surface area contributed by atoms with Crippen molar-refractivity contribution in [2.75, 3.05) is 0 Å². The van der Waals surface area contributed by atoms with Gasteiger partial charge in [-0.2, -0.15) is 0 Å². The Kier molecular flexibility index (Phi) is 2.32. The van der Waals surface area contributed by atoms with Gasteiger partial charge in [0.15, 0.2) is 0 Å². The van der Waals surface area contributed by atoms with E-state index in [0.29, 0.717) is 11.8 Å². The highest BCUT2D eigenvalue weighted by atomic mass is 16.3. The van der Waals surface area contributed by atoms with Crippen molar-refractivity contribution in [1.82, 2.24) is 0 Å². The molecule has 0 saturated heterocycles. The highest BCUT2D eigenvalue weighted by Crippen LogP contribution is 2.49. The fourth-order valence-electron chi connectivity index (χ4n) is 3.86. The Bertz CT molecular complexity index is 394. The van der Waals surface area contributed by atoms with Gasteiger partial charge in [-0.3, -0.25) is 0 Å². The number of fused-ring (bicyclic) bond motifs is 3. The molecule has 1 aromatic carbocycles. The third kappa shape index (κ3) is 1.49. The van der Waals surface area contributed by atoms with Crippen LogP contribution in [0.3, 0.4) is 0 Å². The molecule has 1 N–H and O–H groups in total. The third-order valence-electron chi connectivity index (χ3n) is 4.57. The molecule has 0 amide bonds. The number of aryl methyl sites for hydroxylation is 1. The lowest BCUT2D eigenvalue weighted by molar-refractivity contribution is -0.0282. The summed E-state index contributed by atoms with van der Waals surface area (Å²) in [4.78, 5) is 0. The number of rotatable bonds is 0. The Labute approximate surface area is 97.5 Å². The summed E-state index contributed by atoms with van der Waals surface area (Å²) in [5.41, 5.74) is 2.40. The summed E-state index contributed by atoms with van der Waals surface area (Å²) in [6.07, 6.45) is 5.92. The molecule has 16 heavy (non-hydrogen) atoms. The first-order chi connectivity index (χ1) is 7.68. The molecule has 3 atom stereocenters. The summed E-state index contributed by atoms with van der Waals surface area (Å²) in [6.45, 7) is 2.03. The second-order valence-corrected chi connectivity index (χ2v) is 5.72. The number of aliphatic hydroxyl groups is 1. The van der Waals surface area contributed by atoms with Crippen LogP contribution in [0.25, 0.3) is 0 Å². The molecule has 2 aliphatic rings. The molecule has 0 aliphatic heterocycles. The standard InChI is InChI=1S/C15H20O/c1-15(16)10-4-6-12-9-8-11-5-2-3-7-13(11)14(12)15/h2-3,5,7,12,14,16H,4,6,8-10H2,1H3. The maximum atomic E-state index is 10.6. The second kappa shape index (κ2) is 3.59. The van der Waals surface area contributed by atoms with E-state index in [1.165, 1.54) is 36.8 Å². The Hall–Kier alpha value is -0.820. The van der Waals surface area contributed by atoms with E-state index in [9.17, 15) is 5.11 Å². The average molecular weight is 216 g/mol. The van der Waals surface area contributed by atoms with Crippen LogP contribution in [-0.2, 0) is 6.42 Å². The Balaban J connectivity index is 2.07. The quantitative estimate of drug-likeness (QED) is 0.705. The van der Waals surface area contributed by atoms with Crippen LogP contribution >= 0.6 is 0 Å². The fraction of sp³-hybridized carbons (Fsp3) is 0.600. The van der Waals surface area contributed by atoms with Crippen LogP contribution in [0, 0.1) is 5.92 Å². The zero-order valence-corrected chi connectivity index (χ0v) is 9.95. The molecule has 0 heterocycles. The van der Waals surface area contributed by atoms with Crippen molar-refractivity contribution in [3.63, 3.8) is 0 Å². The van der Waals surface area contributed by atoms with Crippen LogP contribution in [0.1, 0.15) is 49.7 Å². The molecule has 0 radical (unpaired) electrons. The summed E-state index contributed by atoms with van der Waals surface area (Å²) in [6, 6.07) is 8.70. The van der Waals surface area contributed by atoms with Crippen molar-refractivity contribution in [2.24, 2.45) is 5.92 Å². The normalized spacial score (nSPS) is 37.6. The van der Waals surface area contributed by atoms with Crippen LogP contribution in [-0.4, -0.2) is 10.7 Å². The maximum Gasteiger partial charge on any atom is 0.0690 e. The second-order valence-electron chi connectivity index (χ2n) is 5.72. The van der Waals surface area contributed by atoms with E-state index in [2.05, 4.69) is 24.3 Å². The number of hydrogen-bond donors (Lipinski definition) is 1. The third-order valence-corrected chi connectivity index (χ3v) is 4.57. The Morgan fingerprint density at radius 2 is 2.06 bits per heavy atom. The van der Waals surface area contributed by atoms with E-state index in [1.54, 1.807) is 0 Å². The lowest BCUT2D eigenvalue weighted by Gasteiger charge is -2.46. The first kappa shape index (κ1) is 10.3. The van der Waals surface area contributed by atoms with E-state index in [4.69, 9.17) is 0 Å². The minimum atomic E-state index is -0.487. The van der Waals surface area contributed by atoms with Crippen molar-refractivity contribution in [3.8, 4) is 0 Å². The summed E-state index contributed by atoms with van der Waals surface area (Å²) < 4.78 is 0. The molecule has 1 nitrogen and oxygen atoms in total. The molecule has 0 aromatic heterocycles. The van der Waals surface area contributed by atoms with Gasteiger partial charge in [0, 0.05) is 5.92 Å². The van der Waals surface area contributed by atoms with E-state index < -0.39 is 5.60 Å². The van der Waals surface area contributed by atoms with Gasteiger partial charge in [-0.25, -0.2) is 0 Å². The first-order valence-electron chi connectivity index (χ1n) is 6.49. The monoisotopic (exact) mass is 216 g/mol. The van der Waals surface area contributed by atoms with Gasteiger partial charge < -0.3 is 5.11 Å². The predicted molar refractivity (Wildman–Crippen MR) is 65.5 cm³/mol. The summed E-state index contributed by atoms with van der Waals surface area (Å²) >= 11 is 0. The number of benzene rings is 1. The molecule has 1 saturated carbocycles. The average Bonchev–Trinajstić information content (AvgIpc) is 2.28. The maximum absolute atomic E-state index is 10.6. The van der Waals surface area contributed by atoms with Crippen LogP contribution < -0.4 is 0 Å². The van der Waals surface area contributed by atoms with E-state index in [0.717, 1.165) is 6.42 Å². The van der Waals surface area contributed by atoms with E-state index in [-0.39, 0.29) is 0 Å². The summed E-state index contributed by atoms with van der Waals surface area (Å²) in [5, 5.41) is 10.6. The lowest BCUT2D eigenvalue weighted by Crippen LogP contribution is -2.43. The van der Waals surface area contributed by atoms with Gasteiger partial charge in [0.25, 0.3) is 0 Å². The molecule has 86 valence electrons. The van der Waals surface area contributed by atoms with Crippen LogP contribution in [0.2, 0.25) is 0 Å². The topological polar surface area (TPSA) is 20.2 Å². The van der Waals surface area contributed by atoms with Crippen molar-refractivity contribution in [2.45, 2.75) is 50.5 Å². The zero-order valence-electron chi connectivity index (χ0n) is 9.95. The molecular weight excluding hydrogens is 196 g/mol. The Morgan fingerprint density at radius 1 is 1.25 bits per heavy atom. The van der Waals surface area contributed by atoms with Gasteiger partial charge in [-0.05, 0) is 49.7 Å². The Morgan fingerprint density at radius 3 is 2.94 bits per heavy atom. The first-order valence-corrected chi connectivity index (χ1v) is 6.49. The van der Waals surface area contributed by atoms with E-state index >= 15 is 0 Å². The van der Waals surface area contributed by atoms with Gasteiger partial charge in [0.2, 0.25) is 0 Å². The molecule has 1 heteroatoms. The van der Waals surface area contributed by atoms with Crippen LogP contribution in [0.5, 0.6) is 0 Å². The molecule has 0 spiro atoms. The highest BCUT2D eigenvalue weighted by molar-refractivity contribution is 5.36. The lowest BCUT2D eigenvalue weighted by atomic mass is 9.62. The molecule has 2 aliphatic carbocycles. The fourth-order valence-corrected chi connectivity index (χ4v) is 3.86. The minimum absolute atomic E-state index is 0.381. The molecule has 3 rings (SSSR count). The predicted octanol–water partition coefficient (Wildman–Crippen LogP) is 3.27. The van der Waals surface area contributed by atoms with Crippen molar-refractivity contribution >= 4 is 0 Å². The van der Waals surface area contributed by atoms with Gasteiger partial charge in [-0.1, -0.05) is 30.7 Å². The van der Waals surface area contributed by atoms with Gasteiger partial charge in [-0.15, -0.1) is 0 Å². The minimum Gasteiger partial charge on any atom is -0.390 e. The van der Waals surface area contributed by atoms with Crippen molar-refractivity contribution in [1.29, 1.82) is 0 Å². The largest absolute Gasteiger partial charge is 0.390 e.